The van der Waals surface area contributed by atoms with Crippen LogP contribution >= 0.6 is 11.8 Å². The molecule has 0 radical (unpaired) electrons. The summed E-state index contributed by atoms with van der Waals surface area (Å²) in [6.07, 6.45) is 1.06. The second-order valence-corrected chi connectivity index (χ2v) is 7.37. The molecule has 0 saturated carbocycles. The Labute approximate surface area is 151 Å². The topological polar surface area (TPSA) is 21.3 Å². The summed E-state index contributed by atoms with van der Waals surface area (Å²) < 4.78 is 19.4. The maximum Gasteiger partial charge on any atom is 0.129 e. The molecule has 0 aliphatic carbocycles. The lowest BCUT2D eigenvalue weighted by atomic mass is 10.0. The molecule has 0 spiro atoms. The van der Waals surface area contributed by atoms with Crippen LogP contribution < -0.4 is 10.1 Å². The van der Waals surface area contributed by atoms with Crippen molar-refractivity contribution < 1.29 is 9.13 Å². The van der Waals surface area contributed by atoms with Gasteiger partial charge >= 0.3 is 0 Å². The zero-order valence-electron chi connectivity index (χ0n) is 13.9. The summed E-state index contributed by atoms with van der Waals surface area (Å²) in [5, 5.41) is 5.86. The first kappa shape index (κ1) is 16.4. The molecule has 25 heavy (non-hydrogen) atoms. The average molecular weight is 353 g/mol. The van der Waals surface area contributed by atoms with Crippen molar-refractivity contribution in [2.75, 3.05) is 11.6 Å². The van der Waals surface area contributed by atoms with E-state index in [4.69, 9.17) is 4.74 Å². The Morgan fingerprint density at radius 1 is 1.04 bits per heavy atom. The van der Waals surface area contributed by atoms with E-state index in [-0.39, 0.29) is 12.4 Å². The van der Waals surface area contributed by atoms with Crippen LogP contribution in [0.2, 0.25) is 0 Å². The molecule has 1 aliphatic rings. The summed E-state index contributed by atoms with van der Waals surface area (Å²) in [6, 6.07) is 19.9. The fourth-order valence-electron chi connectivity index (χ4n) is 3.12. The highest BCUT2D eigenvalue weighted by molar-refractivity contribution is 7.99. The molecule has 2 nitrogen and oxygen atoms in total. The van der Waals surface area contributed by atoms with Crippen LogP contribution in [0, 0.1) is 5.82 Å². The lowest BCUT2D eigenvalue weighted by molar-refractivity contribution is 0.300. The second-order valence-electron chi connectivity index (χ2n) is 6.34. The lowest BCUT2D eigenvalue weighted by Crippen LogP contribution is -2.25. The highest BCUT2D eigenvalue weighted by Gasteiger charge is 2.14. The first-order chi connectivity index (χ1) is 12.3. The van der Waals surface area contributed by atoms with E-state index in [1.807, 2.05) is 30.0 Å². The van der Waals surface area contributed by atoms with Crippen molar-refractivity contribution in [2.45, 2.75) is 19.1 Å². The number of ether oxygens (including phenoxy) is 1. The van der Waals surface area contributed by atoms with Crippen molar-refractivity contribution >= 4 is 22.5 Å². The Kier molecular flexibility index (Phi) is 4.90. The Balaban J connectivity index is 1.47. The summed E-state index contributed by atoms with van der Waals surface area (Å²) in [6.45, 7) is 0.237. The number of halogens is 1. The minimum absolute atomic E-state index is 0.230. The third kappa shape index (κ3) is 3.97. The van der Waals surface area contributed by atoms with Crippen LogP contribution in [0.1, 0.15) is 11.1 Å². The van der Waals surface area contributed by atoms with Gasteiger partial charge in [-0.25, -0.2) is 4.39 Å². The molecule has 0 amide bonds. The van der Waals surface area contributed by atoms with Crippen molar-refractivity contribution in [1.82, 2.24) is 5.32 Å². The molecule has 1 atom stereocenters. The zero-order chi connectivity index (χ0) is 17.1. The molecule has 3 aromatic carbocycles. The Morgan fingerprint density at radius 2 is 1.88 bits per heavy atom. The van der Waals surface area contributed by atoms with Crippen LogP contribution in [0.4, 0.5) is 4.39 Å². The SMILES string of the molecule is Fc1ccccc1COc1ccc2cc(CC3CSCN3)ccc2c1. The number of thioether (sulfide) groups is 1. The highest BCUT2D eigenvalue weighted by atomic mass is 32.2. The van der Waals surface area contributed by atoms with Gasteiger partial charge in [0.25, 0.3) is 0 Å². The fourth-order valence-corrected chi connectivity index (χ4v) is 4.11. The monoisotopic (exact) mass is 353 g/mol. The molecule has 1 saturated heterocycles. The zero-order valence-corrected chi connectivity index (χ0v) is 14.7. The standard InChI is InChI=1S/C21H20FNOS/c22-21-4-2-1-3-18(21)12-24-20-8-7-16-9-15(5-6-17(16)11-20)10-19-13-25-14-23-19/h1-9,11,19,23H,10,12-14H2. The first-order valence-corrected chi connectivity index (χ1v) is 9.63. The third-order valence-corrected chi connectivity index (χ3v) is 5.51. The van der Waals surface area contributed by atoms with Crippen molar-refractivity contribution in [3.8, 4) is 5.75 Å². The molecule has 4 rings (SSSR count). The van der Waals surface area contributed by atoms with Crippen LogP contribution in [0.15, 0.2) is 60.7 Å². The number of fused-ring (bicyclic) bond motifs is 1. The molecule has 0 aromatic heterocycles. The molecule has 4 heteroatoms. The molecule has 1 N–H and O–H groups in total. The van der Waals surface area contributed by atoms with Crippen LogP contribution in [0.3, 0.4) is 0 Å². The van der Waals surface area contributed by atoms with Gasteiger partial charge in [-0.15, -0.1) is 11.8 Å². The Bertz CT molecular complexity index is 877. The number of rotatable bonds is 5. The van der Waals surface area contributed by atoms with Gasteiger partial charge in [0.05, 0.1) is 0 Å². The van der Waals surface area contributed by atoms with E-state index in [1.165, 1.54) is 22.8 Å². The smallest absolute Gasteiger partial charge is 0.129 e. The van der Waals surface area contributed by atoms with E-state index in [9.17, 15) is 4.39 Å². The molecular weight excluding hydrogens is 333 g/mol. The normalized spacial score (nSPS) is 17.1. The van der Waals surface area contributed by atoms with E-state index in [0.717, 1.165) is 23.4 Å². The van der Waals surface area contributed by atoms with Gasteiger partial charge in [-0.05, 0) is 41.0 Å². The summed E-state index contributed by atoms with van der Waals surface area (Å²) in [5.74, 6) is 2.77. The summed E-state index contributed by atoms with van der Waals surface area (Å²) in [4.78, 5) is 0. The summed E-state index contributed by atoms with van der Waals surface area (Å²) >= 11 is 1.96. The molecule has 1 fully saturated rings. The quantitative estimate of drug-likeness (QED) is 0.714. The van der Waals surface area contributed by atoms with Crippen molar-refractivity contribution in [2.24, 2.45) is 0 Å². The second kappa shape index (κ2) is 7.46. The maximum absolute atomic E-state index is 13.7. The molecule has 1 aliphatic heterocycles. The van der Waals surface area contributed by atoms with Crippen LogP contribution in [0.25, 0.3) is 10.8 Å². The van der Waals surface area contributed by atoms with Gasteiger partial charge in [-0.2, -0.15) is 0 Å². The van der Waals surface area contributed by atoms with Gasteiger partial charge in [0.15, 0.2) is 0 Å². The minimum Gasteiger partial charge on any atom is -0.489 e. The Hall–Kier alpha value is -2.04. The molecular formula is C21H20FNOS. The predicted molar refractivity (Wildman–Crippen MR) is 103 cm³/mol. The average Bonchev–Trinajstić information content (AvgIpc) is 3.14. The van der Waals surface area contributed by atoms with Crippen molar-refractivity contribution in [3.05, 3.63) is 77.6 Å². The third-order valence-electron chi connectivity index (χ3n) is 4.50. The van der Waals surface area contributed by atoms with E-state index in [0.29, 0.717) is 11.6 Å². The molecule has 1 heterocycles. The van der Waals surface area contributed by atoms with E-state index in [1.54, 1.807) is 12.1 Å². The van der Waals surface area contributed by atoms with Crippen molar-refractivity contribution in [3.63, 3.8) is 0 Å². The van der Waals surface area contributed by atoms with E-state index in [2.05, 4.69) is 29.6 Å². The summed E-state index contributed by atoms with van der Waals surface area (Å²) in [5.41, 5.74) is 1.92. The Morgan fingerprint density at radius 3 is 2.72 bits per heavy atom. The lowest BCUT2D eigenvalue weighted by Gasteiger charge is -2.11. The largest absolute Gasteiger partial charge is 0.489 e. The number of hydrogen-bond acceptors (Lipinski definition) is 3. The van der Waals surface area contributed by atoms with Gasteiger partial charge < -0.3 is 10.1 Å². The van der Waals surface area contributed by atoms with Crippen LogP contribution in [0.5, 0.6) is 5.75 Å². The molecule has 128 valence electrons. The highest BCUT2D eigenvalue weighted by Crippen LogP contribution is 2.24. The molecule has 0 bridgehead atoms. The minimum atomic E-state index is -0.230. The van der Waals surface area contributed by atoms with Gasteiger partial charge in [-0.1, -0.05) is 42.5 Å². The van der Waals surface area contributed by atoms with Gasteiger partial charge in [0, 0.05) is 23.2 Å². The first-order valence-electron chi connectivity index (χ1n) is 8.48. The van der Waals surface area contributed by atoms with Gasteiger partial charge in [0.1, 0.15) is 18.2 Å². The predicted octanol–water partition coefficient (Wildman–Crippen LogP) is 4.76. The summed E-state index contributed by atoms with van der Waals surface area (Å²) in [7, 11) is 0. The number of nitrogens with one attached hydrogen (secondary N) is 1. The van der Waals surface area contributed by atoms with Crippen LogP contribution in [-0.2, 0) is 13.0 Å². The maximum atomic E-state index is 13.7. The van der Waals surface area contributed by atoms with E-state index >= 15 is 0 Å². The molecule has 1 unspecified atom stereocenters. The van der Waals surface area contributed by atoms with Gasteiger partial charge in [0.2, 0.25) is 0 Å². The van der Waals surface area contributed by atoms with Gasteiger partial charge in [-0.3, -0.25) is 0 Å². The number of benzene rings is 3. The molecule has 3 aromatic rings. The fraction of sp³-hybridized carbons (Fsp3) is 0.238. The number of hydrogen-bond donors (Lipinski definition) is 1. The van der Waals surface area contributed by atoms with Crippen molar-refractivity contribution in [1.29, 1.82) is 0 Å². The van der Waals surface area contributed by atoms with E-state index < -0.39 is 0 Å². The van der Waals surface area contributed by atoms with Crippen LogP contribution in [-0.4, -0.2) is 17.7 Å².